The first-order valence-electron chi connectivity index (χ1n) is 7.19. The summed E-state index contributed by atoms with van der Waals surface area (Å²) in [5.74, 6) is -1.86. The first-order chi connectivity index (χ1) is 11.3. The molecule has 1 heterocycles. The van der Waals surface area contributed by atoms with Crippen molar-refractivity contribution in [3.05, 3.63) is 52.9 Å². The van der Waals surface area contributed by atoms with Gasteiger partial charge in [0.05, 0.1) is 4.88 Å². The molecule has 2 N–H and O–H groups in total. The molecule has 1 fully saturated rings. The van der Waals surface area contributed by atoms with Crippen LogP contribution in [0.25, 0.3) is 0 Å². The van der Waals surface area contributed by atoms with Crippen LogP contribution in [0.15, 0.2) is 46.7 Å². The minimum Gasteiger partial charge on any atom is -0.480 e. The van der Waals surface area contributed by atoms with Gasteiger partial charge in [0, 0.05) is 5.92 Å². The molecule has 1 aromatic heterocycles. The highest BCUT2D eigenvalue weighted by atomic mass is 32.2. The van der Waals surface area contributed by atoms with Gasteiger partial charge in [-0.05, 0) is 31.0 Å². The molecule has 24 heavy (non-hydrogen) atoms. The molecule has 8 heteroatoms. The van der Waals surface area contributed by atoms with E-state index in [9.17, 15) is 23.1 Å². The van der Waals surface area contributed by atoms with Gasteiger partial charge in [0.25, 0.3) is 10.0 Å². The maximum atomic E-state index is 12.5. The van der Waals surface area contributed by atoms with E-state index >= 15 is 0 Å². The maximum absolute atomic E-state index is 12.5. The molecule has 3 rings (SSSR count). The number of benzene rings is 1. The number of carboxylic acid groups (broad SMARTS) is 1. The number of hydrogen-bond acceptors (Lipinski definition) is 5. The molecular weight excluding hydrogens is 350 g/mol. The van der Waals surface area contributed by atoms with Gasteiger partial charge in [-0.1, -0.05) is 30.3 Å². The predicted molar refractivity (Wildman–Crippen MR) is 88.8 cm³/mol. The van der Waals surface area contributed by atoms with Crippen LogP contribution in [0, 0.1) is 0 Å². The maximum Gasteiger partial charge on any atom is 0.325 e. The number of thiophene rings is 1. The van der Waals surface area contributed by atoms with E-state index in [1.165, 1.54) is 19.1 Å². The van der Waals surface area contributed by atoms with Crippen LogP contribution in [0.1, 0.15) is 34.5 Å². The zero-order chi connectivity index (χ0) is 17.5. The van der Waals surface area contributed by atoms with Crippen LogP contribution < -0.4 is 4.72 Å². The molecule has 6 nitrogen and oxygen atoms in total. The number of Topliss-reactive ketones (excluding diaryl/α,β-unsaturated/α-hetero) is 1. The molecule has 0 spiro atoms. The summed E-state index contributed by atoms with van der Waals surface area (Å²) in [6, 6.07) is 11.7. The molecule has 1 saturated carbocycles. The summed E-state index contributed by atoms with van der Waals surface area (Å²) >= 11 is 0.832. The molecule has 126 valence electrons. The Morgan fingerprint density at radius 2 is 1.88 bits per heavy atom. The Bertz CT molecular complexity index is 904. The van der Waals surface area contributed by atoms with E-state index in [4.69, 9.17) is 0 Å². The molecule has 0 aliphatic heterocycles. The number of carbonyl (C=O) groups excluding carboxylic acids is 1. The Kier molecular flexibility index (Phi) is 4.06. The van der Waals surface area contributed by atoms with Crippen molar-refractivity contribution in [3.63, 3.8) is 0 Å². The number of ketones is 1. The van der Waals surface area contributed by atoms with Crippen LogP contribution >= 0.6 is 11.3 Å². The van der Waals surface area contributed by atoms with Gasteiger partial charge in [-0.15, -0.1) is 11.3 Å². The predicted octanol–water partition coefficient (Wildman–Crippen LogP) is 2.24. The van der Waals surface area contributed by atoms with Crippen LogP contribution in [-0.2, 0) is 14.8 Å². The second kappa shape index (κ2) is 5.80. The number of aliphatic carboxylic acids is 1. The van der Waals surface area contributed by atoms with Gasteiger partial charge >= 0.3 is 5.97 Å². The van der Waals surface area contributed by atoms with E-state index < -0.39 is 27.4 Å². The Morgan fingerprint density at radius 1 is 1.21 bits per heavy atom. The SMILES string of the molecule is CC(=O)c1ccc(S(=O)(=O)NC2(C(=O)O)CC2c2ccccc2)s1. The third-order valence-electron chi connectivity index (χ3n) is 4.05. The molecule has 1 aliphatic carbocycles. The lowest BCUT2D eigenvalue weighted by Crippen LogP contribution is -2.44. The normalized spacial score (nSPS) is 23.0. The van der Waals surface area contributed by atoms with Crippen LogP contribution in [0.5, 0.6) is 0 Å². The topological polar surface area (TPSA) is 101 Å². The molecule has 0 radical (unpaired) electrons. The molecule has 2 unspecified atom stereocenters. The van der Waals surface area contributed by atoms with E-state index in [1.807, 2.05) is 6.07 Å². The van der Waals surface area contributed by atoms with Crippen LogP contribution in [0.2, 0.25) is 0 Å². The minimum absolute atomic E-state index is 0.0629. The first kappa shape index (κ1) is 16.8. The van der Waals surface area contributed by atoms with Crippen LogP contribution in [0.3, 0.4) is 0 Å². The van der Waals surface area contributed by atoms with Gasteiger partial charge in [0.1, 0.15) is 9.75 Å². The molecule has 0 bridgehead atoms. The number of nitrogens with one attached hydrogen (secondary N) is 1. The molecule has 1 aromatic carbocycles. The third kappa shape index (κ3) is 2.88. The van der Waals surface area contributed by atoms with Gasteiger partial charge in [-0.25, -0.2) is 8.42 Å². The summed E-state index contributed by atoms with van der Waals surface area (Å²) in [7, 11) is -4.02. The van der Waals surface area contributed by atoms with E-state index in [-0.39, 0.29) is 16.4 Å². The second-order valence-corrected chi connectivity index (χ2v) is 8.72. The van der Waals surface area contributed by atoms with E-state index in [0.29, 0.717) is 4.88 Å². The highest BCUT2D eigenvalue weighted by molar-refractivity contribution is 7.91. The van der Waals surface area contributed by atoms with E-state index in [2.05, 4.69) is 4.72 Å². The molecule has 1 aliphatic rings. The average Bonchev–Trinajstić information content (AvgIpc) is 3.02. The molecule has 2 atom stereocenters. The Hall–Kier alpha value is -2.03. The van der Waals surface area contributed by atoms with Crippen molar-refractivity contribution in [2.75, 3.05) is 0 Å². The third-order valence-corrected chi connectivity index (χ3v) is 7.24. The van der Waals surface area contributed by atoms with Crippen molar-refractivity contribution >= 4 is 33.1 Å². The second-order valence-electron chi connectivity index (χ2n) is 5.72. The van der Waals surface area contributed by atoms with Crippen molar-refractivity contribution in [1.82, 2.24) is 4.72 Å². The van der Waals surface area contributed by atoms with Gasteiger partial charge in [0.2, 0.25) is 0 Å². The zero-order valence-electron chi connectivity index (χ0n) is 12.7. The lowest BCUT2D eigenvalue weighted by atomic mass is 10.1. The van der Waals surface area contributed by atoms with E-state index in [1.54, 1.807) is 24.3 Å². The van der Waals surface area contributed by atoms with Crippen molar-refractivity contribution < 1.29 is 23.1 Å². The monoisotopic (exact) mass is 365 g/mol. The number of carboxylic acids is 1. The number of hydrogen-bond donors (Lipinski definition) is 2. The quantitative estimate of drug-likeness (QED) is 0.765. The van der Waals surface area contributed by atoms with Gasteiger partial charge in [-0.3, -0.25) is 9.59 Å². The highest BCUT2D eigenvalue weighted by Gasteiger charge is 2.63. The molecule has 2 aromatic rings. The lowest BCUT2D eigenvalue weighted by Gasteiger charge is -2.14. The van der Waals surface area contributed by atoms with E-state index in [0.717, 1.165) is 16.9 Å². The Morgan fingerprint density at radius 3 is 2.42 bits per heavy atom. The lowest BCUT2D eigenvalue weighted by molar-refractivity contribution is -0.140. The van der Waals surface area contributed by atoms with Crippen LogP contribution in [0.4, 0.5) is 0 Å². The van der Waals surface area contributed by atoms with Crippen LogP contribution in [-0.4, -0.2) is 30.8 Å². The van der Waals surface area contributed by atoms with Gasteiger partial charge in [0.15, 0.2) is 5.78 Å². The zero-order valence-corrected chi connectivity index (χ0v) is 14.4. The minimum atomic E-state index is -4.02. The van der Waals surface area contributed by atoms with Crippen molar-refractivity contribution in [2.45, 2.75) is 29.0 Å². The molecule has 0 saturated heterocycles. The summed E-state index contributed by atoms with van der Waals surface area (Å²) in [6.45, 7) is 1.35. The largest absolute Gasteiger partial charge is 0.480 e. The van der Waals surface area contributed by atoms with Crippen molar-refractivity contribution in [3.8, 4) is 0 Å². The summed E-state index contributed by atoms with van der Waals surface area (Å²) < 4.78 is 27.3. The smallest absolute Gasteiger partial charge is 0.325 e. The Labute approximate surface area is 143 Å². The summed E-state index contributed by atoms with van der Waals surface area (Å²) in [6.07, 6.45) is 0.191. The van der Waals surface area contributed by atoms with Crippen molar-refractivity contribution in [1.29, 1.82) is 0 Å². The molecule has 0 amide bonds. The summed E-state index contributed by atoms with van der Waals surface area (Å²) in [5, 5.41) is 9.56. The van der Waals surface area contributed by atoms with Crippen molar-refractivity contribution in [2.24, 2.45) is 0 Å². The highest BCUT2D eigenvalue weighted by Crippen LogP contribution is 2.52. The number of rotatable bonds is 6. The first-order valence-corrected chi connectivity index (χ1v) is 9.49. The number of sulfonamides is 1. The summed E-state index contributed by atoms with van der Waals surface area (Å²) in [5.41, 5.74) is -0.765. The fraction of sp³-hybridized carbons (Fsp3) is 0.250. The average molecular weight is 365 g/mol. The fourth-order valence-corrected chi connectivity index (χ4v) is 5.29. The van der Waals surface area contributed by atoms with Gasteiger partial charge in [-0.2, -0.15) is 4.72 Å². The van der Waals surface area contributed by atoms with Gasteiger partial charge < -0.3 is 5.11 Å². The Balaban J connectivity index is 1.89. The standard InChI is InChI=1S/C16H15NO5S2/c1-10(18)13-7-8-14(23-13)24(21,22)17-16(15(19)20)9-12(16)11-5-3-2-4-6-11/h2-8,12,17H,9H2,1H3,(H,19,20). The number of carbonyl (C=O) groups is 2. The summed E-state index contributed by atoms with van der Waals surface area (Å²) in [4.78, 5) is 23.4. The molecular formula is C16H15NO5S2. The fourth-order valence-electron chi connectivity index (χ4n) is 2.69.